The van der Waals surface area contributed by atoms with Crippen LogP contribution in [0.4, 0.5) is 0 Å². The number of aryl methyl sites for hydroxylation is 1. The van der Waals surface area contributed by atoms with E-state index in [9.17, 15) is 4.79 Å². The Kier molecular flexibility index (Phi) is 6.01. The van der Waals surface area contributed by atoms with Crippen LogP contribution in [-0.4, -0.2) is 30.9 Å². The van der Waals surface area contributed by atoms with Crippen molar-refractivity contribution in [2.45, 2.75) is 19.4 Å². The first-order valence-corrected chi connectivity index (χ1v) is 9.85. The van der Waals surface area contributed by atoms with E-state index in [-0.39, 0.29) is 5.91 Å². The average molecular weight is 359 g/mol. The largest absolute Gasteiger partial charge is 0.355 e. The van der Waals surface area contributed by atoms with Gasteiger partial charge in [-0.1, -0.05) is 24.3 Å². The highest BCUT2D eigenvalue weighted by Crippen LogP contribution is 2.25. The molecule has 3 aromatic rings. The fourth-order valence-electron chi connectivity index (χ4n) is 2.63. The summed E-state index contributed by atoms with van der Waals surface area (Å²) in [6.07, 6.45) is 1.40. The normalized spacial score (nSPS) is 11.2. The Morgan fingerprint density at radius 3 is 2.83 bits per heavy atom. The van der Waals surface area contributed by atoms with Gasteiger partial charge in [0.2, 0.25) is 5.91 Å². The summed E-state index contributed by atoms with van der Waals surface area (Å²) in [7, 11) is 2.10. The number of nitrogens with zero attached hydrogens (tertiary/aromatic N) is 1. The maximum Gasteiger partial charge on any atom is 0.220 e. The van der Waals surface area contributed by atoms with Gasteiger partial charge in [-0.15, -0.1) is 22.7 Å². The number of thiophene rings is 2. The molecule has 0 unspecified atom stereocenters. The van der Waals surface area contributed by atoms with Crippen LogP contribution < -0.4 is 5.32 Å². The molecular weight excluding hydrogens is 336 g/mol. The quantitative estimate of drug-likeness (QED) is 0.656. The first kappa shape index (κ1) is 17.1. The average Bonchev–Trinajstić information content (AvgIpc) is 3.21. The van der Waals surface area contributed by atoms with Crippen molar-refractivity contribution < 1.29 is 4.79 Å². The van der Waals surface area contributed by atoms with E-state index in [0.29, 0.717) is 13.0 Å². The molecule has 0 saturated carbocycles. The van der Waals surface area contributed by atoms with E-state index in [1.165, 1.54) is 19.8 Å². The zero-order chi connectivity index (χ0) is 16.8. The van der Waals surface area contributed by atoms with Crippen LogP contribution in [0.1, 0.15) is 16.2 Å². The standard InChI is InChI=1S/C19H22N2OS2/c1-21(14-17-13-15-5-2-3-7-18(15)24-17)11-10-20-19(22)9-8-16-6-4-12-23-16/h2-7,12-13H,8-11,14H2,1H3,(H,20,22). The maximum absolute atomic E-state index is 11.9. The van der Waals surface area contributed by atoms with Crippen molar-refractivity contribution in [2.24, 2.45) is 0 Å². The monoisotopic (exact) mass is 358 g/mol. The third kappa shape index (κ3) is 4.90. The summed E-state index contributed by atoms with van der Waals surface area (Å²) in [5.74, 6) is 0.138. The van der Waals surface area contributed by atoms with Gasteiger partial charge in [0.05, 0.1) is 0 Å². The van der Waals surface area contributed by atoms with Crippen molar-refractivity contribution in [1.29, 1.82) is 0 Å². The SMILES string of the molecule is CN(CCNC(=O)CCc1cccs1)Cc1cc2ccccc2s1. The van der Waals surface area contributed by atoms with Crippen LogP contribution in [0.15, 0.2) is 47.8 Å². The van der Waals surface area contributed by atoms with Crippen molar-refractivity contribution >= 4 is 38.7 Å². The Hall–Kier alpha value is -1.69. The summed E-state index contributed by atoms with van der Waals surface area (Å²) >= 11 is 3.55. The molecule has 1 amide bonds. The molecule has 3 rings (SSSR count). The second kappa shape index (κ2) is 8.42. The molecule has 0 aliphatic carbocycles. The summed E-state index contributed by atoms with van der Waals surface area (Å²) in [6.45, 7) is 2.48. The maximum atomic E-state index is 11.9. The van der Waals surface area contributed by atoms with E-state index in [1.807, 2.05) is 17.4 Å². The molecule has 5 heteroatoms. The van der Waals surface area contributed by atoms with Crippen molar-refractivity contribution in [3.05, 3.63) is 57.6 Å². The van der Waals surface area contributed by atoms with E-state index in [2.05, 4.69) is 59.0 Å². The number of carbonyl (C=O) groups excluding carboxylic acids is 1. The summed E-state index contributed by atoms with van der Waals surface area (Å²) in [5, 5.41) is 6.38. The lowest BCUT2D eigenvalue weighted by Crippen LogP contribution is -2.32. The van der Waals surface area contributed by atoms with E-state index in [4.69, 9.17) is 0 Å². The molecule has 0 bridgehead atoms. The van der Waals surface area contributed by atoms with E-state index >= 15 is 0 Å². The second-order valence-electron chi connectivity index (χ2n) is 5.92. The minimum absolute atomic E-state index is 0.138. The molecule has 0 spiro atoms. The first-order chi connectivity index (χ1) is 11.7. The van der Waals surface area contributed by atoms with Crippen LogP contribution in [0.5, 0.6) is 0 Å². The topological polar surface area (TPSA) is 32.3 Å². The molecule has 3 nitrogen and oxygen atoms in total. The van der Waals surface area contributed by atoms with Crippen LogP contribution in [0.2, 0.25) is 0 Å². The van der Waals surface area contributed by atoms with Gasteiger partial charge in [-0.05, 0) is 42.4 Å². The minimum Gasteiger partial charge on any atom is -0.355 e. The fraction of sp³-hybridized carbons (Fsp3) is 0.316. The Labute approximate surface area is 150 Å². The smallest absolute Gasteiger partial charge is 0.220 e. The van der Waals surface area contributed by atoms with Crippen LogP contribution in [0.3, 0.4) is 0 Å². The highest BCUT2D eigenvalue weighted by atomic mass is 32.1. The highest BCUT2D eigenvalue weighted by molar-refractivity contribution is 7.19. The molecule has 2 aromatic heterocycles. The zero-order valence-corrected chi connectivity index (χ0v) is 15.5. The molecule has 0 aliphatic heterocycles. The summed E-state index contributed by atoms with van der Waals surface area (Å²) in [5.41, 5.74) is 0. The number of hydrogen-bond acceptors (Lipinski definition) is 4. The van der Waals surface area contributed by atoms with Gasteiger partial charge in [0.1, 0.15) is 0 Å². The van der Waals surface area contributed by atoms with Crippen molar-refractivity contribution in [3.8, 4) is 0 Å². The lowest BCUT2D eigenvalue weighted by molar-refractivity contribution is -0.121. The molecule has 0 saturated heterocycles. The van der Waals surface area contributed by atoms with Crippen molar-refractivity contribution in [1.82, 2.24) is 10.2 Å². The molecule has 0 aliphatic rings. The predicted octanol–water partition coefficient (Wildman–Crippen LogP) is 4.14. The number of carbonyl (C=O) groups is 1. The fourth-order valence-corrected chi connectivity index (χ4v) is 4.48. The van der Waals surface area contributed by atoms with Gasteiger partial charge in [-0.2, -0.15) is 0 Å². The zero-order valence-electron chi connectivity index (χ0n) is 13.8. The summed E-state index contributed by atoms with van der Waals surface area (Å²) in [6, 6.07) is 14.8. The molecule has 1 N–H and O–H groups in total. The van der Waals surface area contributed by atoms with E-state index in [0.717, 1.165) is 19.5 Å². The van der Waals surface area contributed by atoms with Gasteiger partial charge < -0.3 is 5.32 Å². The van der Waals surface area contributed by atoms with Gasteiger partial charge in [-0.25, -0.2) is 0 Å². The molecule has 0 fully saturated rings. The number of amides is 1. The third-order valence-electron chi connectivity index (χ3n) is 3.90. The Bertz CT molecular complexity index is 747. The number of rotatable bonds is 8. The number of likely N-dealkylation sites (N-methyl/N-ethyl adjacent to an activating group) is 1. The van der Waals surface area contributed by atoms with Gasteiger partial charge in [0, 0.05) is 40.5 Å². The van der Waals surface area contributed by atoms with Crippen molar-refractivity contribution in [2.75, 3.05) is 20.1 Å². The lowest BCUT2D eigenvalue weighted by atomic mass is 10.2. The van der Waals surface area contributed by atoms with Gasteiger partial charge in [0.25, 0.3) is 0 Å². The van der Waals surface area contributed by atoms with Crippen molar-refractivity contribution in [3.63, 3.8) is 0 Å². The van der Waals surface area contributed by atoms with Crippen LogP contribution in [0.25, 0.3) is 10.1 Å². The first-order valence-electron chi connectivity index (χ1n) is 8.16. The Morgan fingerprint density at radius 1 is 1.17 bits per heavy atom. The molecule has 2 heterocycles. The minimum atomic E-state index is 0.138. The van der Waals surface area contributed by atoms with Gasteiger partial charge in [-0.3, -0.25) is 9.69 Å². The Balaban J connectivity index is 1.37. The molecule has 1 aromatic carbocycles. The molecule has 126 valence electrons. The summed E-state index contributed by atoms with van der Waals surface area (Å²) < 4.78 is 1.34. The molecular formula is C19H22N2OS2. The molecule has 0 atom stereocenters. The van der Waals surface area contributed by atoms with Crippen LogP contribution in [-0.2, 0) is 17.8 Å². The highest BCUT2D eigenvalue weighted by Gasteiger charge is 2.06. The number of benzene rings is 1. The molecule has 24 heavy (non-hydrogen) atoms. The second-order valence-corrected chi connectivity index (χ2v) is 8.12. The molecule has 0 radical (unpaired) electrons. The summed E-state index contributed by atoms with van der Waals surface area (Å²) in [4.78, 5) is 16.8. The number of fused-ring (bicyclic) bond motifs is 1. The van der Waals surface area contributed by atoms with Gasteiger partial charge in [0.15, 0.2) is 0 Å². The Morgan fingerprint density at radius 2 is 2.04 bits per heavy atom. The lowest BCUT2D eigenvalue weighted by Gasteiger charge is -2.15. The predicted molar refractivity (Wildman–Crippen MR) is 104 cm³/mol. The van der Waals surface area contributed by atoms with E-state index < -0.39 is 0 Å². The van der Waals surface area contributed by atoms with Crippen LogP contribution in [0, 0.1) is 0 Å². The third-order valence-corrected chi connectivity index (χ3v) is 5.93. The van der Waals surface area contributed by atoms with E-state index in [1.54, 1.807) is 11.3 Å². The number of hydrogen-bond donors (Lipinski definition) is 1. The number of nitrogens with one attached hydrogen (secondary N) is 1. The van der Waals surface area contributed by atoms with Crippen LogP contribution >= 0.6 is 22.7 Å². The van der Waals surface area contributed by atoms with Gasteiger partial charge >= 0.3 is 0 Å².